The molecule has 22 heavy (non-hydrogen) atoms. The van der Waals surface area contributed by atoms with Crippen LogP contribution in [0.25, 0.3) is 11.1 Å². The predicted molar refractivity (Wildman–Crippen MR) is 90.8 cm³/mol. The number of carbonyl (C=O) groups excluding carboxylic acids is 1. The van der Waals surface area contributed by atoms with Crippen LogP contribution in [0.5, 0.6) is 0 Å². The summed E-state index contributed by atoms with van der Waals surface area (Å²) < 4.78 is 5.15. The predicted octanol–water partition coefficient (Wildman–Crippen LogP) is 4.80. The highest BCUT2D eigenvalue weighted by Gasteiger charge is 2.06. The van der Waals surface area contributed by atoms with Crippen molar-refractivity contribution in [3.05, 3.63) is 59.7 Å². The van der Waals surface area contributed by atoms with E-state index < -0.39 is 0 Å². The summed E-state index contributed by atoms with van der Waals surface area (Å²) in [5, 5.41) is 0. The number of hydrogen-bond donors (Lipinski definition) is 0. The third-order valence-corrected chi connectivity index (χ3v) is 3.63. The Balaban J connectivity index is 1.96. The van der Waals surface area contributed by atoms with Crippen molar-refractivity contribution in [1.29, 1.82) is 0 Å². The molecule has 0 N–H and O–H groups in total. The van der Waals surface area contributed by atoms with Crippen LogP contribution in [0.4, 0.5) is 0 Å². The van der Waals surface area contributed by atoms with Crippen LogP contribution in [0.2, 0.25) is 0 Å². The molecule has 0 amide bonds. The summed E-state index contributed by atoms with van der Waals surface area (Å²) in [6.07, 6.45) is 2.18. The molecule has 2 nitrogen and oxygen atoms in total. The Morgan fingerprint density at radius 1 is 0.909 bits per heavy atom. The maximum Gasteiger partial charge on any atom is 0.306 e. The van der Waals surface area contributed by atoms with E-state index in [1.54, 1.807) is 0 Å². The van der Waals surface area contributed by atoms with Crippen molar-refractivity contribution >= 4 is 5.97 Å². The van der Waals surface area contributed by atoms with E-state index in [0.717, 1.165) is 18.4 Å². The number of aryl methyl sites for hydroxylation is 2. The summed E-state index contributed by atoms with van der Waals surface area (Å²) in [7, 11) is 0. The van der Waals surface area contributed by atoms with E-state index >= 15 is 0 Å². The van der Waals surface area contributed by atoms with Crippen molar-refractivity contribution in [3.63, 3.8) is 0 Å². The van der Waals surface area contributed by atoms with Crippen molar-refractivity contribution in [2.75, 3.05) is 0 Å². The minimum Gasteiger partial charge on any atom is -0.463 e. The molecule has 0 fully saturated rings. The van der Waals surface area contributed by atoms with Crippen LogP contribution in [-0.4, -0.2) is 12.1 Å². The summed E-state index contributed by atoms with van der Waals surface area (Å²) in [5.41, 5.74) is 4.94. The largest absolute Gasteiger partial charge is 0.463 e. The molecule has 2 aromatic rings. The lowest BCUT2D eigenvalue weighted by Crippen LogP contribution is -2.11. The highest BCUT2D eigenvalue weighted by molar-refractivity contribution is 5.70. The van der Waals surface area contributed by atoms with Gasteiger partial charge in [-0.25, -0.2) is 0 Å². The first kappa shape index (κ1) is 16.3. The van der Waals surface area contributed by atoms with Crippen LogP contribution in [0, 0.1) is 0 Å². The van der Waals surface area contributed by atoms with Gasteiger partial charge in [0.25, 0.3) is 0 Å². The lowest BCUT2D eigenvalue weighted by atomic mass is 10.0. The fourth-order valence-corrected chi connectivity index (χ4v) is 2.36. The molecule has 2 aromatic carbocycles. The fourth-order valence-electron chi connectivity index (χ4n) is 2.36. The normalized spacial score (nSPS) is 10.7. The molecule has 0 aliphatic rings. The summed E-state index contributed by atoms with van der Waals surface area (Å²) in [4.78, 5) is 11.6. The number of ether oxygens (including phenoxy) is 1. The second-order valence-corrected chi connectivity index (χ2v) is 5.79. The van der Waals surface area contributed by atoms with Gasteiger partial charge in [0.15, 0.2) is 0 Å². The SMILES string of the molecule is CCc1ccc(-c2ccc(CCC(=O)OC(C)C)cc2)cc1. The van der Waals surface area contributed by atoms with E-state index in [-0.39, 0.29) is 12.1 Å². The van der Waals surface area contributed by atoms with E-state index in [2.05, 4.69) is 55.5 Å². The number of esters is 1. The molecule has 0 unspecified atom stereocenters. The molecule has 116 valence electrons. The molecule has 0 radical (unpaired) electrons. The molecule has 0 spiro atoms. The standard InChI is InChI=1S/C20H24O2/c1-4-16-5-10-18(11-6-16)19-12-7-17(8-13-19)9-14-20(21)22-15(2)3/h5-8,10-13,15H,4,9,14H2,1-3H3. The van der Waals surface area contributed by atoms with Crippen molar-refractivity contribution in [2.45, 2.75) is 46.1 Å². The highest BCUT2D eigenvalue weighted by atomic mass is 16.5. The van der Waals surface area contributed by atoms with Crippen LogP contribution in [0.1, 0.15) is 38.3 Å². The number of rotatable bonds is 6. The quantitative estimate of drug-likeness (QED) is 0.716. The summed E-state index contributed by atoms with van der Waals surface area (Å²) in [6, 6.07) is 17.1. The van der Waals surface area contributed by atoms with Crippen LogP contribution in [0.15, 0.2) is 48.5 Å². The number of benzene rings is 2. The molecule has 0 saturated carbocycles. The Labute approximate surface area is 133 Å². The van der Waals surface area contributed by atoms with Crippen LogP contribution >= 0.6 is 0 Å². The second-order valence-electron chi connectivity index (χ2n) is 5.79. The second kappa shape index (κ2) is 7.79. The summed E-state index contributed by atoms with van der Waals surface area (Å²) in [5.74, 6) is -0.130. The minimum atomic E-state index is -0.130. The van der Waals surface area contributed by atoms with Crippen LogP contribution < -0.4 is 0 Å². The van der Waals surface area contributed by atoms with Crippen molar-refractivity contribution < 1.29 is 9.53 Å². The van der Waals surface area contributed by atoms with E-state index in [1.165, 1.54) is 16.7 Å². The molecule has 0 atom stereocenters. The number of hydrogen-bond acceptors (Lipinski definition) is 2. The van der Waals surface area contributed by atoms with Crippen molar-refractivity contribution in [2.24, 2.45) is 0 Å². The molecule has 2 heteroatoms. The molecule has 0 saturated heterocycles. The van der Waals surface area contributed by atoms with Gasteiger partial charge in [-0.15, -0.1) is 0 Å². The molecule has 0 aromatic heterocycles. The third kappa shape index (κ3) is 4.73. The summed E-state index contributed by atoms with van der Waals surface area (Å²) >= 11 is 0. The Bertz CT molecular complexity index is 595. The van der Waals surface area contributed by atoms with Crippen LogP contribution in [-0.2, 0) is 22.4 Å². The Kier molecular flexibility index (Phi) is 5.76. The average molecular weight is 296 g/mol. The molecule has 0 heterocycles. The van der Waals surface area contributed by atoms with Gasteiger partial charge in [-0.1, -0.05) is 55.5 Å². The molecular formula is C20H24O2. The van der Waals surface area contributed by atoms with Gasteiger partial charge < -0.3 is 4.74 Å². The van der Waals surface area contributed by atoms with Crippen LogP contribution in [0.3, 0.4) is 0 Å². The van der Waals surface area contributed by atoms with Gasteiger partial charge in [-0.3, -0.25) is 4.79 Å². The van der Waals surface area contributed by atoms with Gasteiger partial charge in [0.1, 0.15) is 0 Å². The zero-order valence-corrected chi connectivity index (χ0v) is 13.6. The van der Waals surface area contributed by atoms with E-state index in [0.29, 0.717) is 6.42 Å². The highest BCUT2D eigenvalue weighted by Crippen LogP contribution is 2.21. The zero-order valence-electron chi connectivity index (χ0n) is 13.6. The smallest absolute Gasteiger partial charge is 0.306 e. The lowest BCUT2D eigenvalue weighted by molar-refractivity contribution is -0.147. The Hall–Kier alpha value is -2.09. The first-order valence-electron chi connectivity index (χ1n) is 7.96. The Morgan fingerprint density at radius 3 is 1.86 bits per heavy atom. The van der Waals surface area contributed by atoms with Gasteiger partial charge in [-0.05, 0) is 48.9 Å². The summed E-state index contributed by atoms with van der Waals surface area (Å²) in [6.45, 7) is 5.90. The van der Waals surface area contributed by atoms with Gasteiger partial charge in [0, 0.05) is 6.42 Å². The molecule has 2 rings (SSSR count). The average Bonchev–Trinajstić information content (AvgIpc) is 2.53. The maximum atomic E-state index is 11.6. The first-order chi connectivity index (χ1) is 10.6. The van der Waals surface area contributed by atoms with Gasteiger partial charge in [-0.2, -0.15) is 0 Å². The molecule has 0 aliphatic heterocycles. The van der Waals surface area contributed by atoms with Gasteiger partial charge >= 0.3 is 5.97 Å². The minimum absolute atomic E-state index is 0.0408. The number of carbonyl (C=O) groups is 1. The first-order valence-corrected chi connectivity index (χ1v) is 7.96. The fraction of sp³-hybridized carbons (Fsp3) is 0.350. The molecule has 0 bridgehead atoms. The molecule has 0 aliphatic carbocycles. The van der Waals surface area contributed by atoms with Gasteiger partial charge in [0.05, 0.1) is 6.10 Å². The van der Waals surface area contributed by atoms with E-state index in [1.807, 2.05) is 13.8 Å². The van der Waals surface area contributed by atoms with Crippen molar-refractivity contribution in [3.8, 4) is 11.1 Å². The van der Waals surface area contributed by atoms with Crippen molar-refractivity contribution in [1.82, 2.24) is 0 Å². The zero-order chi connectivity index (χ0) is 15.9. The Morgan fingerprint density at radius 2 is 1.41 bits per heavy atom. The third-order valence-electron chi connectivity index (χ3n) is 3.63. The monoisotopic (exact) mass is 296 g/mol. The van der Waals surface area contributed by atoms with Gasteiger partial charge in [0.2, 0.25) is 0 Å². The molecular weight excluding hydrogens is 272 g/mol. The van der Waals surface area contributed by atoms with E-state index in [9.17, 15) is 4.79 Å². The van der Waals surface area contributed by atoms with E-state index in [4.69, 9.17) is 4.74 Å². The lowest BCUT2D eigenvalue weighted by Gasteiger charge is -2.08. The maximum absolute atomic E-state index is 11.6. The topological polar surface area (TPSA) is 26.3 Å².